The third-order valence-electron chi connectivity index (χ3n) is 16.4. The number of ether oxygens (including phenoxy) is 2. The van der Waals surface area contributed by atoms with E-state index in [0.717, 1.165) is 32.1 Å². The highest BCUT2D eigenvalue weighted by Crippen LogP contribution is 2.38. The normalized spacial score (nSPS) is 13.0. The summed E-state index contributed by atoms with van der Waals surface area (Å²) in [6, 6.07) is 0. The van der Waals surface area contributed by atoms with Crippen molar-refractivity contribution in [3.63, 3.8) is 0 Å². The molecule has 9 nitrogen and oxygen atoms in total. The van der Waals surface area contributed by atoms with E-state index in [1.807, 2.05) is 21.1 Å². The third-order valence-corrected chi connectivity index (χ3v) is 17.3. The van der Waals surface area contributed by atoms with E-state index < -0.39 is 26.5 Å². The first-order chi connectivity index (χ1) is 38.5. The predicted molar refractivity (Wildman–Crippen MR) is 338 cm³/mol. The largest absolute Gasteiger partial charge is 0.756 e. The van der Waals surface area contributed by atoms with Crippen molar-refractivity contribution in [3.05, 3.63) is 0 Å². The number of carbonyl (C=O) groups excluding carboxylic acids is 2. The van der Waals surface area contributed by atoms with E-state index in [2.05, 4.69) is 13.8 Å². The zero-order chi connectivity index (χ0) is 57.7. The maximum atomic E-state index is 12.8. The molecule has 0 N–H and O–H groups in total. The lowest BCUT2D eigenvalue weighted by molar-refractivity contribution is -0.870. The molecule has 0 fully saturated rings. The highest BCUT2D eigenvalue weighted by molar-refractivity contribution is 7.45. The van der Waals surface area contributed by atoms with Gasteiger partial charge in [-0.1, -0.05) is 354 Å². The van der Waals surface area contributed by atoms with Crippen molar-refractivity contribution in [2.24, 2.45) is 0 Å². The fraction of sp³-hybridized carbons (Fsp3) is 0.971. The van der Waals surface area contributed by atoms with Crippen LogP contribution in [0.25, 0.3) is 0 Å². The van der Waals surface area contributed by atoms with E-state index in [1.165, 1.54) is 315 Å². The van der Waals surface area contributed by atoms with E-state index in [4.69, 9.17) is 18.5 Å². The number of rotatable bonds is 67. The molecule has 0 amide bonds. The summed E-state index contributed by atoms with van der Waals surface area (Å²) in [7, 11) is 1.19. The molecule has 0 aromatic carbocycles. The number of quaternary nitrogens is 1. The molecule has 472 valence electrons. The minimum Gasteiger partial charge on any atom is -0.756 e. The third kappa shape index (κ3) is 66.0. The van der Waals surface area contributed by atoms with Gasteiger partial charge >= 0.3 is 11.9 Å². The molecule has 0 spiro atoms. The molecule has 0 radical (unpaired) electrons. The second-order valence-electron chi connectivity index (χ2n) is 25.6. The van der Waals surface area contributed by atoms with Crippen LogP contribution in [0.5, 0.6) is 0 Å². The SMILES string of the molecule is CCCCCCCCCCCCCCCCCCCCCCCCCCCCCCCCCCCCCCCCCCCC(=O)OC(COC(=O)CCCCCCCCCCCCCCCC)COP(=O)([O-])OCC[N+](C)(C)C. The Morgan fingerprint density at radius 1 is 0.342 bits per heavy atom. The van der Waals surface area contributed by atoms with Gasteiger partial charge in [0.15, 0.2) is 6.10 Å². The van der Waals surface area contributed by atoms with Crippen LogP contribution < -0.4 is 4.89 Å². The molecule has 0 aromatic rings. The van der Waals surface area contributed by atoms with Crippen LogP contribution in [0.2, 0.25) is 0 Å². The second kappa shape index (κ2) is 61.6. The molecule has 10 heteroatoms. The van der Waals surface area contributed by atoms with Gasteiger partial charge in [-0.25, -0.2) is 0 Å². The van der Waals surface area contributed by atoms with E-state index in [9.17, 15) is 19.0 Å². The molecule has 0 aliphatic heterocycles. The Hall–Kier alpha value is -0.990. The number of esters is 2. The summed E-state index contributed by atoms with van der Waals surface area (Å²) in [6.07, 6.45) is 73.7. The summed E-state index contributed by atoms with van der Waals surface area (Å²) in [5.41, 5.74) is 0. The number of nitrogens with zero attached hydrogens (tertiary/aromatic N) is 1. The van der Waals surface area contributed by atoms with Crippen LogP contribution in [0.4, 0.5) is 0 Å². The van der Waals surface area contributed by atoms with E-state index in [0.29, 0.717) is 17.4 Å². The smallest absolute Gasteiger partial charge is 0.306 e. The van der Waals surface area contributed by atoms with Gasteiger partial charge in [0.05, 0.1) is 27.7 Å². The highest BCUT2D eigenvalue weighted by atomic mass is 31.2. The van der Waals surface area contributed by atoms with Crippen LogP contribution in [0.3, 0.4) is 0 Å². The summed E-state index contributed by atoms with van der Waals surface area (Å²) in [6.45, 7) is 4.31. The van der Waals surface area contributed by atoms with E-state index in [-0.39, 0.29) is 32.0 Å². The Balaban J connectivity index is 3.79. The molecule has 0 aliphatic carbocycles. The molecule has 2 unspecified atom stereocenters. The molecule has 0 aromatic heterocycles. The summed E-state index contributed by atoms with van der Waals surface area (Å²) in [5, 5.41) is 0. The maximum absolute atomic E-state index is 12.8. The number of carbonyl (C=O) groups is 2. The van der Waals surface area contributed by atoms with Gasteiger partial charge in [-0.3, -0.25) is 14.2 Å². The monoisotopic (exact) mass is 1140 g/mol. The van der Waals surface area contributed by atoms with Crippen molar-refractivity contribution in [1.82, 2.24) is 0 Å². The average molecular weight is 1140 g/mol. The minimum absolute atomic E-state index is 0.0251. The Kier molecular flexibility index (Phi) is 60.8. The molecule has 0 saturated heterocycles. The van der Waals surface area contributed by atoms with Crippen LogP contribution in [0.1, 0.15) is 380 Å². The molecular weight excluding hydrogens is 1000 g/mol. The first kappa shape index (κ1) is 78.0. The quantitative estimate of drug-likeness (QED) is 0.0256. The minimum atomic E-state index is -4.63. The fourth-order valence-corrected chi connectivity index (χ4v) is 11.7. The zero-order valence-corrected chi connectivity index (χ0v) is 54.8. The number of phosphoric acid groups is 1. The van der Waals surface area contributed by atoms with Crippen molar-refractivity contribution < 1.29 is 42.1 Å². The van der Waals surface area contributed by atoms with Crippen LogP contribution in [0.15, 0.2) is 0 Å². The van der Waals surface area contributed by atoms with E-state index >= 15 is 0 Å². The van der Waals surface area contributed by atoms with Gasteiger partial charge in [0.2, 0.25) is 0 Å². The van der Waals surface area contributed by atoms with Crippen LogP contribution in [0, 0.1) is 0 Å². The molecule has 0 saturated carbocycles. The highest BCUT2D eigenvalue weighted by Gasteiger charge is 2.22. The fourth-order valence-electron chi connectivity index (χ4n) is 11.0. The lowest BCUT2D eigenvalue weighted by Crippen LogP contribution is -2.37. The van der Waals surface area contributed by atoms with Gasteiger partial charge in [0.1, 0.15) is 19.8 Å². The Morgan fingerprint density at radius 2 is 0.570 bits per heavy atom. The number of hydrogen-bond donors (Lipinski definition) is 0. The lowest BCUT2D eigenvalue weighted by atomic mass is 10.0. The van der Waals surface area contributed by atoms with Gasteiger partial charge in [-0.2, -0.15) is 0 Å². The second-order valence-corrected chi connectivity index (χ2v) is 27.0. The molecule has 0 aliphatic rings. The van der Waals surface area contributed by atoms with E-state index in [1.54, 1.807) is 0 Å². The van der Waals surface area contributed by atoms with Crippen molar-refractivity contribution in [2.45, 2.75) is 386 Å². The van der Waals surface area contributed by atoms with Gasteiger partial charge in [0.25, 0.3) is 7.82 Å². The number of hydrogen-bond acceptors (Lipinski definition) is 8. The molecule has 79 heavy (non-hydrogen) atoms. The first-order valence-corrected chi connectivity index (χ1v) is 36.7. The van der Waals surface area contributed by atoms with Gasteiger partial charge in [-0.05, 0) is 12.8 Å². The number of likely N-dealkylation sites (N-methyl/N-ethyl adjacent to an activating group) is 1. The molecule has 0 bridgehead atoms. The molecular formula is C69H138NO8P. The van der Waals surface area contributed by atoms with Gasteiger partial charge in [-0.15, -0.1) is 0 Å². The summed E-state index contributed by atoms with van der Waals surface area (Å²) < 4.78 is 34.2. The number of unbranched alkanes of at least 4 members (excludes halogenated alkanes) is 53. The summed E-state index contributed by atoms with van der Waals surface area (Å²) in [4.78, 5) is 37.9. The Labute approximate surface area is 493 Å². The Morgan fingerprint density at radius 3 is 0.810 bits per heavy atom. The topological polar surface area (TPSA) is 111 Å². The zero-order valence-electron chi connectivity index (χ0n) is 53.9. The van der Waals surface area contributed by atoms with Crippen molar-refractivity contribution >= 4 is 19.8 Å². The van der Waals surface area contributed by atoms with Crippen LogP contribution >= 0.6 is 7.82 Å². The maximum Gasteiger partial charge on any atom is 0.306 e. The molecule has 2 atom stereocenters. The van der Waals surface area contributed by atoms with Gasteiger partial charge in [0, 0.05) is 12.8 Å². The van der Waals surface area contributed by atoms with Crippen LogP contribution in [-0.2, 0) is 32.7 Å². The number of phosphoric ester groups is 1. The molecule has 0 heterocycles. The standard InChI is InChI=1S/C69H138NO8P/c1-6-8-10-12-14-16-18-20-22-23-24-25-26-27-28-29-30-31-32-33-34-35-36-37-38-39-40-41-42-43-44-45-46-47-48-50-52-54-56-58-60-62-69(72)78-67(66-77-79(73,74)76-64-63-70(3,4)5)65-75-68(71)61-59-57-55-53-51-49-21-19-17-15-13-11-9-7-2/h67H,6-66H2,1-5H3. The average Bonchev–Trinajstić information content (AvgIpc) is 3.41. The van der Waals surface area contributed by atoms with Crippen molar-refractivity contribution in [1.29, 1.82) is 0 Å². The van der Waals surface area contributed by atoms with Crippen molar-refractivity contribution in [2.75, 3.05) is 47.5 Å². The van der Waals surface area contributed by atoms with Crippen molar-refractivity contribution in [3.8, 4) is 0 Å². The van der Waals surface area contributed by atoms with Gasteiger partial charge < -0.3 is 27.9 Å². The molecule has 0 rings (SSSR count). The predicted octanol–water partition coefficient (Wildman–Crippen LogP) is 21.9. The lowest BCUT2D eigenvalue weighted by Gasteiger charge is -2.28. The first-order valence-electron chi connectivity index (χ1n) is 35.2. The summed E-state index contributed by atoms with van der Waals surface area (Å²) in [5.74, 6) is -0.809. The van der Waals surface area contributed by atoms with Crippen LogP contribution in [-0.4, -0.2) is 70.0 Å². The summed E-state index contributed by atoms with van der Waals surface area (Å²) >= 11 is 0. The Bertz CT molecular complexity index is 1290.